The van der Waals surface area contributed by atoms with Crippen LogP contribution in [0.25, 0.3) is 0 Å². The molecule has 1 aliphatic rings. The Kier molecular flexibility index (Phi) is 2.67. The van der Waals surface area contributed by atoms with E-state index in [1.54, 1.807) is 0 Å². The lowest BCUT2D eigenvalue weighted by Crippen LogP contribution is -2.24. The molecule has 0 spiro atoms. The molecule has 3 nitrogen and oxygen atoms in total. The summed E-state index contributed by atoms with van der Waals surface area (Å²) in [5.41, 5.74) is 2.69. The standard InChI is InChI=1S/C15H17N3/c1-11-10-12-6-3-4-7-13(12)18(11)15-9-5-8-14(16-2)17-15/h3-9,11H,10H2,1-2H3,(H,16,17). The van der Waals surface area contributed by atoms with Crippen LogP contribution in [0.2, 0.25) is 0 Å². The Morgan fingerprint density at radius 1 is 1.17 bits per heavy atom. The summed E-state index contributed by atoms with van der Waals surface area (Å²) in [5, 5.41) is 3.09. The molecule has 1 atom stereocenters. The molecule has 0 saturated carbocycles. The molecule has 1 N–H and O–H groups in total. The molecule has 1 unspecified atom stereocenters. The van der Waals surface area contributed by atoms with Gasteiger partial charge >= 0.3 is 0 Å². The van der Waals surface area contributed by atoms with E-state index in [9.17, 15) is 0 Å². The van der Waals surface area contributed by atoms with Gasteiger partial charge in [-0.25, -0.2) is 4.98 Å². The van der Waals surface area contributed by atoms with Crippen LogP contribution in [0.1, 0.15) is 12.5 Å². The zero-order valence-electron chi connectivity index (χ0n) is 10.7. The zero-order valence-corrected chi connectivity index (χ0v) is 10.7. The maximum Gasteiger partial charge on any atom is 0.135 e. The van der Waals surface area contributed by atoms with E-state index in [1.807, 2.05) is 19.2 Å². The minimum Gasteiger partial charge on any atom is -0.373 e. The van der Waals surface area contributed by atoms with Gasteiger partial charge in [0.05, 0.1) is 0 Å². The van der Waals surface area contributed by atoms with Crippen LogP contribution in [0.4, 0.5) is 17.3 Å². The third-order valence-electron chi connectivity index (χ3n) is 3.44. The van der Waals surface area contributed by atoms with Gasteiger partial charge in [-0.15, -0.1) is 0 Å². The number of benzene rings is 1. The first-order chi connectivity index (χ1) is 8.79. The van der Waals surface area contributed by atoms with Crippen molar-refractivity contribution < 1.29 is 0 Å². The van der Waals surface area contributed by atoms with E-state index in [0.717, 1.165) is 18.1 Å². The lowest BCUT2D eigenvalue weighted by atomic mass is 10.1. The van der Waals surface area contributed by atoms with Crippen molar-refractivity contribution in [3.05, 3.63) is 48.0 Å². The van der Waals surface area contributed by atoms with E-state index in [0.29, 0.717) is 6.04 Å². The summed E-state index contributed by atoms with van der Waals surface area (Å²) in [7, 11) is 1.90. The first kappa shape index (κ1) is 11.1. The summed E-state index contributed by atoms with van der Waals surface area (Å²) in [4.78, 5) is 6.95. The third kappa shape index (κ3) is 1.72. The highest BCUT2D eigenvalue weighted by atomic mass is 15.2. The quantitative estimate of drug-likeness (QED) is 0.872. The lowest BCUT2D eigenvalue weighted by molar-refractivity contribution is 0.751. The SMILES string of the molecule is CNc1cccc(N2c3ccccc3CC2C)n1. The highest BCUT2D eigenvalue weighted by Gasteiger charge is 2.27. The molecule has 0 amide bonds. The fourth-order valence-corrected chi connectivity index (χ4v) is 2.61. The number of para-hydroxylation sites is 1. The second-order valence-corrected chi connectivity index (χ2v) is 4.68. The fraction of sp³-hybridized carbons (Fsp3) is 0.267. The minimum absolute atomic E-state index is 0.460. The Bertz CT molecular complexity index is 565. The van der Waals surface area contributed by atoms with Gasteiger partial charge in [0.25, 0.3) is 0 Å². The second kappa shape index (κ2) is 4.33. The Hall–Kier alpha value is -2.03. The number of anilines is 3. The molecule has 0 bridgehead atoms. The topological polar surface area (TPSA) is 28.2 Å². The van der Waals surface area contributed by atoms with Crippen LogP contribution in [0, 0.1) is 0 Å². The molecule has 2 heterocycles. The van der Waals surface area contributed by atoms with Crippen molar-refractivity contribution in [1.82, 2.24) is 4.98 Å². The summed E-state index contributed by atoms with van der Waals surface area (Å²) in [5.74, 6) is 1.92. The van der Waals surface area contributed by atoms with Gasteiger partial charge in [0.15, 0.2) is 0 Å². The van der Waals surface area contributed by atoms with Crippen LogP contribution >= 0.6 is 0 Å². The van der Waals surface area contributed by atoms with Crippen LogP contribution < -0.4 is 10.2 Å². The smallest absolute Gasteiger partial charge is 0.135 e. The van der Waals surface area contributed by atoms with Crippen LogP contribution in [0.5, 0.6) is 0 Å². The average Bonchev–Trinajstić information content (AvgIpc) is 2.74. The number of aromatic nitrogens is 1. The number of rotatable bonds is 2. The average molecular weight is 239 g/mol. The van der Waals surface area contributed by atoms with Crippen LogP contribution in [0.15, 0.2) is 42.5 Å². The van der Waals surface area contributed by atoms with Gasteiger partial charge in [0, 0.05) is 18.8 Å². The Balaban J connectivity index is 2.06. The number of fused-ring (bicyclic) bond motifs is 1. The normalized spacial score (nSPS) is 17.7. The molecule has 3 rings (SSSR count). The molecule has 18 heavy (non-hydrogen) atoms. The Morgan fingerprint density at radius 3 is 2.83 bits per heavy atom. The van der Waals surface area contributed by atoms with Gasteiger partial charge in [0.2, 0.25) is 0 Å². The Morgan fingerprint density at radius 2 is 2.00 bits per heavy atom. The third-order valence-corrected chi connectivity index (χ3v) is 3.44. The molecule has 0 fully saturated rings. The minimum atomic E-state index is 0.460. The number of pyridine rings is 1. The number of hydrogen-bond acceptors (Lipinski definition) is 3. The van der Waals surface area contributed by atoms with Crippen molar-refractivity contribution in [2.75, 3.05) is 17.3 Å². The van der Waals surface area contributed by atoms with Gasteiger partial charge < -0.3 is 10.2 Å². The van der Waals surface area contributed by atoms with Crippen molar-refractivity contribution in [1.29, 1.82) is 0 Å². The van der Waals surface area contributed by atoms with Crippen LogP contribution in [0.3, 0.4) is 0 Å². The van der Waals surface area contributed by atoms with E-state index in [-0.39, 0.29) is 0 Å². The van der Waals surface area contributed by atoms with Crippen molar-refractivity contribution in [2.45, 2.75) is 19.4 Å². The summed E-state index contributed by atoms with van der Waals surface area (Å²) >= 11 is 0. The van der Waals surface area contributed by atoms with Gasteiger partial charge in [-0.3, -0.25) is 0 Å². The largest absolute Gasteiger partial charge is 0.373 e. The van der Waals surface area contributed by atoms with E-state index in [1.165, 1.54) is 11.3 Å². The van der Waals surface area contributed by atoms with Gasteiger partial charge in [-0.1, -0.05) is 24.3 Å². The molecular formula is C15H17N3. The number of hydrogen-bond donors (Lipinski definition) is 1. The molecule has 1 aromatic carbocycles. The molecule has 2 aromatic rings. The molecular weight excluding hydrogens is 222 g/mol. The van der Waals surface area contributed by atoms with Gasteiger partial charge in [-0.05, 0) is 37.1 Å². The first-order valence-electron chi connectivity index (χ1n) is 6.31. The fourth-order valence-electron chi connectivity index (χ4n) is 2.61. The maximum atomic E-state index is 4.64. The molecule has 0 saturated heterocycles. The predicted molar refractivity (Wildman–Crippen MR) is 75.5 cm³/mol. The highest BCUT2D eigenvalue weighted by Crippen LogP contribution is 2.37. The van der Waals surface area contributed by atoms with Gasteiger partial charge in [0.1, 0.15) is 11.6 Å². The summed E-state index contributed by atoms with van der Waals surface area (Å²) in [6.45, 7) is 2.24. The molecule has 0 aliphatic carbocycles. The second-order valence-electron chi connectivity index (χ2n) is 4.68. The highest BCUT2D eigenvalue weighted by molar-refractivity contribution is 5.69. The molecule has 1 aliphatic heterocycles. The van der Waals surface area contributed by atoms with Gasteiger partial charge in [-0.2, -0.15) is 0 Å². The van der Waals surface area contributed by atoms with Crippen molar-refractivity contribution in [2.24, 2.45) is 0 Å². The van der Waals surface area contributed by atoms with Crippen molar-refractivity contribution in [3.63, 3.8) is 0 Å². The molecule has 1 aromatic heterocycles. The summed E-state index contributed by atoms with van der Waals surface area (Å²) in [6, 6.07) is 15.1. The van der Waals surface area contributed by atoms with E-state index in [2.05, 4.69) is 52.5 Å². The molecule has 0 radical (unpaired) electrons. The van der Waals surface area contributed by atoms with Crippen molar-refractivity contribution in [3.8, 4) is 0 Å². The molecule has 92 valence electrons. The lowest BCUT2D eigenvalue weighted by Gasteiger charge is -2.24. The Labute approximate surface area is 107 Å². The molecule has 3 heteroatoms. The monoisotopic (exact) mass is 239 g/mol. The predicted octanol–water partition coefficient (Wildman–Crippen LogP) is 3.21. The maximum absolute atomic E-state index is 4.64. The van der Waals surface area contributed by atoms with E-state index < -0.39 is 0 Å². The summed E-state index contributed by atoms with van der Waals surface area (Å²) < 4.78 is 0. The van der Waals surface area contributed by atoms with Crippen LogP contribution in [-0.4, -0.2) is 18.1 Å². The number of nitrogens with zero attached hydrogens (tertiary/aromatic N) is 2. The van der Waals surface area contributed by atoms with E-state index >= 15 is 0 Å². The van der Waals surface area contributed by atoms with E-state index in [4.69, 9.17) is 0 Å². The van der Waals surface area contributed by atoms with Crippen LogP contribution in [-0.2, 0) is 6.42 Å². The summed E-state index contributed by atoms with van der Waals surface area (Å²) in [6.07, 6.45) is 1.08. The number of nitrogens with one attached hydrogen (secondary N) is 1. The zero-order chi connectivity index (χ0) is 12.5. The first-order valence-corrected chi connectivity index (χ1v) is 6.31. The van der Waals surface area contributed by atoms with Crippen molar-refractivity contribution >= 4 is 17.3 Å².